The van der Waals surface area contributed by atoms with Crippen molar-refractivity contribution in [1.29, 1.82) is 0 Å². The van der Waals surface area contributed by atoms with Crippen LogP contribution < -0.4 is 4.74 Å². The molecule has 1 heterocycles. The maximum Gasteiger partial charge on any atom is 0.123 e. The van der Waals surface area contributed by atoms with Gasteiger partial charge in [-0.3, -0.25) is 4.90 Å². The third-order valence-electron chi connectivity index (χ3n) is 3.79. The molecule has 0 aliphatic carbocycles. The highest BCUT2D eigenvalue weighted by Gasteiger charge is 2.16. The first-order chi connectivity index (χ1) is 10.1. The van der Waals surface area contributed by atoms with Crippen LogP contribution in [0.25, 0.3) is 0 Å². The maximum absolute atomic E-state index is 10.2. The van der Waals surface area contributed by atoms with Gasteiger partial charge in [-0.1, -0.05) is 26.0 Å². The van der Waals surface area contributed by atoms with Crippen LogP contribution in [0.2, 0.25) is 0 Å². The Morgan fingerprint density at radius 1 is 1.29 bits per heavy atom. The number of hydrogen-bond donors (Lipinski definition) is 1. The van der Waals surface area contributed by atoms with E-state index in [0.29, 0.717) is 19.1 Å². The van der Waals surface area contributed by atoms with Crippen molar-refractivity contribution in [2.45, 2.75) is 32.8 Å². The van der Waals surface area contributed by atoms with Crippen LogP contribution in [0.5, 0.6) is 5.75 Å². The normalized spacial score (nSPS) is 18.0. The van der Waals surface area contributed by atoms with E-state index >= 15 is 0 Å². The predicted octanol–water partition coefficient (Wildman–Crippen LogP) is 2.91. The number of thioether (sulfide) groups is 1. The summed E-state index contributed by atoms with van der Waals surface area (Å²) >= 11 is 1.99. The monoisotopic (exact) mass is 309 g/mol. The van der Waals surface area contributed by atoms with Crippen molar-refractivity contribution >= 4 is 11.8 Å². The fourth-order valence-corrected chi connectivity index (χ4v) is 3.54. The van der Waals surface area contributed by atoms with E-state index in [4.69, 9.17) is 4.74 Å². The molecule has 1 aliphatic heterocycles. The highest BCUT2D eigenvalue weighted by atomic mass is 32.2. The molecule has 0 spiro atoms. The third-order valence-corrected chi connectivity index (χ3v) is 4.74. The van der Waals surface area contributed by atoms with E-state index in [2.05, 4.69) is 43.9 Å². The largest absolute Gasteiger partial charge is 0.491 e. The van der Waals surface area contributed by atoms with Gasteiger partial charge in [0.25, 0.3) is 0 Å². The predicted molar refractivity (Wildman–Crippen MR) is 90.5 cm³/mol. The van der Waals surface area contributed by atoms with Crippen molar-refractivity contribution < 1.29 is 9.84 Å². The van der Waals surface area contributed by atoms with Crippen LogP contribution in [0, 0.1) is 6.92 Å². The zero-order chi connectivity index (χ0) is 15.2. The summed E-state index contributed by atoms with van der Waals surface area (Å²) in [6.45, 7) is 9.63. The van der Waals surface area contributed by atoms with E-state index < -0.39 is 6.10 Å². The number of nitrogens with zero attached hydrogens (tertiary/aromatic N) is 1. The van der Waals surface area contributed by atoms with E-state index in [1.807, 2.05) is 11.8 Å². The van der Waals surface area contributed by atoms with Gasteiger partial charge in [0.05, 0.1) is 0 Å². The van der Waals surface area contributed by atoms with Gasteiger partial charge in [-0.2, -0.15) is 11.8 Å². The molecule has 1 fully saturated rings. The van der Waals surface area contributed by atoms with Crippen LogP contribution in [-0.4, -0.2) is 53.9 Å². The topological polar surface area (TPSA) is 32.7 Å². The van der Waals surface area contributed by atoms with Gasteiger partial charge in [-0.15, -0.1) is 0 Å². The van der Waals surface area contributed by atoms with Crippen LogP contribution in [-0.2, 0) is 0 Å². The molecule has 118 valence electrons. The van der Waals surface area contributed by atoms with E-state index in [1.54, 1.807) is 0 Å². The van der Waals surface area contributed by atoms with Crippen molar-refractivity contribution in [3.63, 3.8) is 0 Å². The number of rotatable bonds is 6. The molecule has 1 N–H and O–H groups in total. The van der Waals surface area contributed by atoms with Crippen LogP contribution in [0.4, 0.5) is 0 Å². The molecule has 0 amide bonds. The summed E-state index contributed by atoms with van der Waals surface area (Å²) < 4.78 is 5.90. The Labute approximate surface area is 132 Å². The Hall–Kier alpha value is -0.710. The summed E-state index contributed by atoms with van der Waals surface area (Å²) in [4.78, 5) is 2.32. The molecule has 3 nitrogen and oxygen atoms in total. The first kappa shape index (κ1) is 16.7. The lowest BCUT2D eigenvalue weighted by molar-refractivity contribution is 0.0711. The van der Waals surface area contributed by atoms with Gasteiger partial charge in [0, 0.05) is 31.1 Å². The molecule has 1 unspecified atom stereocenters. The van der Waals surface area contributed by atoms with E-state index in [1.165, 1.54) is 22.6 Å². The molecule has 0 aromatic heterocycles. The summed E-state index contributed by atoms with van der Waals surface area (Å²) in [5.41, 5.74) is 2.40. The molecule has 4 heteroatoms. The van der Waals surface area contributed by atoms with Crippen molar-refractivity contribution in [1.82, 2.24) is 4.90 Å². The van der Waals surface area contributed by atoms with Gasteiger partial charge in [0.1, 0.15) is 18.5 Å². The summed E-state index contributed by atoms with van der Waals surface area (Å²) in [6.07, 6.45) is -0.423. The maximum atomic E-state index is 10.2. The average Bonchev–Trinajstić information content (AvgIpc) is 2.46. The number of hydrogen-bond acceptors (Lipinski definition) is 4. The van der Waals surface area contributed by atoms with Gasteiger partial charge in [0.2, 0.25) is 0 Å². The SMILES string of the molecule is Cc1ccc(C(C)C)c(OCC(O)CN2CCSCC2)c1. The van der Waals surface area contributed by atoms with Crippen LogP contribution in [0.1, 0.15) is 30.9 Å². The van der Waals surface area contributed by atoms with Gasteiger partial charge < -0.3 is 9.84 Å². The molecule has 0 radical (unpaired) electrons. The van der Waals surface area contributed by atoms with Crippen molar-refractivity contribution in [3.8, 4) is 5.75 Å². The minimum atomic E-state index is -0.423. The second-order valence-electron chi connectivity index (χ2n) is 6.07. The highest BCUT2D eigenvalue weighted by Crippen LogP contribution is 2.27. The Morgan fingerprint density at radius 3 is 2.67 bits per heavy atom. The second-order valence-corrected chi connectivity index (χ2v) is 7.30. The molecule has 1 aromatic rings. The smallest absolute Gasteiger partial charge is 0.123 e. The number of benzene rings is 1. The molecular formula is C17H27NO2S. The van der Waals surface area contributed by atoms with Gasteiger partial charge in [-0.05, 0) is 30.0 Å². The summed E-state index contributed by atoms with van der Waals surface area (Å²) in [6, 6.07) is 6.31. The minimum absolute atomic E-state index is 0.368. The fraction of sp³-hybridized carbons (Fsp3) is 0.647. The standard InChI is InChI=1S/C17H27NO2S/c1-13(2)16-5-4-14(3)10-17(16)20-12-15(19)11-18-6-8-21-9-7-18/h4-5,10,13,15,19H,6-9,11-12H2,1-3H3. The second kappa shape index (κ2) is 8.06. The van der Waals surface area contributed by atoms with Crippen molar-refractivity contribution in [3.05, 3.63) is 29.3 Å². The Balaban J connectivity index is 1.88. The molecular weight excluding hydrogens is 282 g/mol. The number of aliphatic hydroxyl groups is 1. The molecule has 1 aromatic carbocycles. The van der Waals surface area contributed by atoms with Gasteiger partial charge >= 0.3 is 0 Å². The minimum Gasteiger partial charge on any atom is -0.491 e. The van der Waals surface area contributed by atoms with Gasteiger partial charge in [0.15, 0.2) is 0 Å². The highest BCUT2D eigenvalue weighted by molar-refractivity contribution is 7.99. The van der Waals surface area contributed by atoms with E-state index in [9.17, 15) is 5.11 Å². The fourth-order valence-electron chi connectivity index (χ4n) is 2.56. The van der Waals surface area contributed by atoms with Crippen molar-refractivity contribution in [2.24, 2.45) is 0 Å². The van der Waals surface area contributed by atoms with E-state index in [-0.39, 0.29) is 0 Å². The molecule has 1 saturated heterocycles. The molecule has 2 rings (SSSR count). The lowest BCUT2D eigenvalue weighted by atomic mass is 10.0. The van der Waals surface area contributed by atoms with Crippen LogP contribution >= 0.6 is 11.8 Å². The zero-order valence-electron chi connectivity index (χ0n) is 13.3. The summed E-state index contributed by atoms with van der Waals surface area (Å²) in [5, 5.41) is 10.2. The first-order valence-corrected chi connectivity index (χ1v) is 8.93. The van der Waals surface area contributed by atoms with Crippen LogP contribution in [0.15, 0.2) is 18.2 Å². The lowest BCUT2D eigenvalue weighted by Gasteiger charge is -2.28. The molecule has 0 bridgehead atoms. The number of aryl methyl sites for hydroxylation is 1. The Bertz CT molecular complexity index is 444. The molecule has 21 heavy (non-hydrogen) atoms. The summed E-state index contributed by atoms with van der Waals surface area (Å²) in [7, 11) is 0. The lowest BCUT2D eigenvalue weighted by Crippen LogP contribution is -2.40. The Morgan fingerprint density at radius 2 is 2.00 bits per heavy atom. The van der Waals surface area contributed by atoms with Crippen LogP contribution in [0.3, 0.4) is 0 Å². The van der Waals surface area contributed by atoms with Crippen molar-refractivity contribution in [2.75, 3.05) is 37.7 Å². The number of aliphatic hydroxyl groups excluding tert-OH is 1. The number of ether oxygens (including phenoxy) is 1. The average molecular weight is 309 g/mol. The molecule has 1 atom stereocenters. The third kappa shape index (κ3) is 5.20. The van der Waals surface area contributed by atoms with E-state index in [0.717, 1.165) is 18.8 Å². The molecule has 0 saturated carbocycles. The quantitative estimate of drug-likeness (QED) is 0.876. The Kier molecular flexibility index (Phi) is 6.40. The summed E-state index contributed by atoms with van der Waals surface area (Å²) in [5.74, 6) is 3.68. The zero-order valence-corrected chi connectivity index (χ0v) is 14.2. The first-order valence-electron chi connectivity index (χ1n) is 7.77. The molecule has 1 aliphatic rings. The van der Waals surface area contributed by atoms with Gasteiger partial charge in [-0.25, -0.2) is 0 Å². The number of β-amino-alcohol motifs (C(OH)–C–C–N with tert-alkyl or cyclic N) is 1.